The third-order valence-corrected chi connectivity index (χ3v) is 2.01. The van der Waals surface area contributed by atoms with Crippen molar-refractivity contribution >= 4 is 5.97 Å². The number of rotatable bonds is 10. The normalized spacial score (nSPS) is 10.6. The van der Waals surface area contributed by atoms with Gasteiger partial charge in [0.05, 0.1) is 19.8 Å². The zero-order valence-electron chi connectivity index (χ0n) is 11.1. The molecule has 0 heterocycles. The molecule has 0 bridgehead atoms. The first-order valence-electron chi connectivity index (χ1n) is 5.86. The molecule has 0 amide bonds. The van der Waals surface area contributed by atoms with Crippen LogP contribution in [0.3, 0.4) is 0 Å². The van der Waals surface area contributed by atoms with Gasteiger partial charge in [0.1, 0.15) is 0 Å². The van der Waals surface area contributed by atoms with E-state index in [2.05, 4.69) is 16.8 Å². The van der Waals surface area contributed by atoms with Crippen molar-refractivity contribution < 1.29 is 14.3 Å². The monoisotopic (exact) mass is 244 g/mol. The summed E-state index contributed by atoms with van der Waals surface area (Å²) in [6, 6.07) is 0. The first kappa shape index (κ1) is 16.1. The minimum Gasteiger partial charge on any atom is -0.463 e. The molecule has 0 spiro atoms. The summed E-state index contributed by atoms with van der Waals surface area (Å²) in [5.74, 6) is -0.339. The Hall–Kier alpha value is -0.910. The van der Waals surface area contributed by atoms with Crippen LogP contribution in [0.5, 0.6) is 0 Å². The Labute approximate surface area is 104 Å². The van der Waals surface area contributed by atoms with E-state index in [1.807, 2.05) is 14.1 Å². The molecule has 0 radical (unpaired) electrons. The highest BCUT2D eigenvalue weighted by Gasteiger charge is 2.06. The molecular weight excluding hydrogens is 220 g/mol. The molecule has 0 aromatic heterocycles. The predicted octanol–water partition coefficient (Wildman–Crippen LogP) is 0.274. The van der Waals surface area contributed by atoms with Gasteiger partial charge in [0.25, 0.3) is 0 Å². The predicted molar refractivity (Wildman–Crippen MR) is 68.0 cm³/mol. The zero-order valence-corrected chi connectivity index (χ0v) is 11.1. The minimum atomic E-state index is -0.339. The third-order valence-electron chi connectivity index (χ3n) is 2.01. The number of hydrogen-bond donors (Lipinski definition) is 1. The van der Waals surface area contributed by atoms with Gasteiger partial charge in [-0.15, -0.1) is 0 Å². The Morgan fingerprint density at radius 2 is 2.06 bits per heavy atom. The summed E-state index contributed by atoms with van der Waals surface area (Å²) in [6.45, 7) is 9.20. The Morgan fingerprint density at radius 1 is 1.35 bits per heavy atom. The van der Waals surface area contributed by atoms with Gasteiger partial charge in [-0.1, -0.05) is 6.58 Å². The number of nitrogens with one attached hydrogen (secondary N) is 1. The fraction of sp³-hybridized carbons (Fsp3) is 0.750. The first-order valence-corrected chi connectivity index (χ1v) is 5.86. The summed E-state index contributed by atoms with van der Waals surface area (Å²) < 4.78 is 10.2. The van der Waals surface area contributed by atoms with E-state index in [1.165, 1.54) is 0 Å². The van der Waals surface area contributed by atoms with Gasteiger partial charge in [-0.05, 0) is 21.0 Å². The molecule has 0 aliphatic heterocycles. The zero-order chi connectivity index (χ0) is 13.1. The molecule has 0 saturated carbocycles. The van der Waals surface area contributed by atoms with E-state index in [0.717, 1.165) is 6.54 Å². The van der Waals surface area contributed by atoms with Crippen molar-refractivity contribution in [2.24, 2.45) is 0 Å². The van der Waals surface area contributed by atoms with E-state index in [0.29, 0.717) is 38.5 Å². The van der Waals surface area contributed by atoms with Crippen molar-refractivity contribution in [3.63, 3.8) is 0 Å². The highest BCUT2D eigenvalue weighted by Crippen LogP contribution is 1.92. The second-order valence-electron chi connectivity index (χ2n) is 3.92. The molecule has 5 nitrogen and oxygen atoms in total. The molecule has 0 aromatic carbocycles. The molecule has 100 valence electrons. The van der Waals surface area contributed by atoms with Crippen LogP contribution in [0.2, 0.25) is 0 Å². The van der Waals surface area contributed by atoms with Crippen LogP contribution >= 0.6 is 0 Å². The van der Waals surface area contributed by atoms with Crippen LogP contribution in [0.4, 0.5) is 0 Å². The van der Waals surface area contributed by atoms with Gasteiger partial charge >= 0.3 is 5.97 Å². The second kappa shape index (κ2) is 10.3. The SMILES string of the molecule is C=C(CNCCOCCN(C)C)C(=O)OCC. The first-order chi connectivity index (χ1) is 8.07. The van der Waals surface area contributed by atoms with Crippen molar-refractivity contribution in [3.05, 3.63) is 12.2 Å². The molecule has 0 aliphatic carbocycles. The number of likely N-dealkylation sites (N-methyl/N-ethyl adjacent to an activating group) is 1. The molecule has 0 unspecified atom stereocenters. The van der Waals surface area contributed by atoms with Crippen LogP contribution in [-0.2, 0) is 14.3 Å². The molecule has 0 saturated heterocycles. The van der Waals surface area contributed by atoms with Crippen LogP contribution in [0.15, 0.2) is 12.2 Å². The number of ether oxygens (including phenoxy) is 2. The lowest BCUT2D eigenvalue weighted by atomic mass is 10.3. The van der Waals surface area contributed by atoms with Crippen LogP contribution in [-0.4, -0.2) is 64.4 Å². The molecule has 0 fully saturated rings. The van der Waals surface area contributed by atoms with E-state index in [4.69, 9.17) is 9.47 Å². The van der Waals surface area contributed by atoms with Crippen LogP contribution < -0.4 is 5.32 Å². The quantitative estimate of drug-likeness (QED) is 0.340. The highest BCUT2D eigenvalue weighted by atomic mass is 16.5. The molecule has 17 heavy (non-hydrogen) atoms. The molecule has 0 rings (SSSR count). The van der Waals surface area contributed by atoms with Crippen LogP contribution in [0.25, 0.3) is 0 Å². The lowest BCUT2D eigenvalue weighted by Crippen LogP contribution is -2.26. The maximum absolute atomic E-state index is 11.2. The Kier molecular flexibility index (Phi) is 9.71. The van der Waals surface area contributed by atoms with Gasteiger partial charge < -0.3 is 19.7 Å². The topological polar surface area (TPSA) is 50.8 Å². The Balaban J connectivity index is 3.33. The van der Waals surface area contributed by atoms with Gasteiger partial charge in [0, 0.05) is 25.2 Å². The number of carbonyl (C=O) groups is 1. The summed E-state index contributed by atoms with van der Waals surface area (Å²) in [6.07, 6.45) is 0. The maximum Gasteiger partial charge on any atom is 0.334 e. The smallest absolute Gasteiger partial charge is 0.334 e. The number of esters is 1. The van der Waals surface area contributed by atoms with Crippen molar-refractivity contribution in [1.29, 1.82) is 0 Å². The lowest BCUT2D eigenvalue weighted by molar-refractivity contribution is -0.138. The summed E-state index contributed by atoms with van der Waals surface area (Å²) in [4.78, 5) is 13.3. The molecule has 0 aromatic rings. The van der Waals surface area contributed by atoms with Crippen molar-refractivity contribution in [3.8, 4) is 0 Å². The van der Waals surface area contributed by atoms with Crippen molar-refractivity contribution in [1.82, 2.24) is 10.2 Å². The van der Waals surface area contributed by atoms with E-state index in [-0.39, 0.29) is 5.97 Å². The van der Waals surface area contributed by atoms with E-state index < -0.39 is 0 Å². The molecule has 0 aliphatic rings. The minimum absolute atomic E-state index is 0.339. The standard InChI is InChI=1S/C12H24N2O3/c1-5-17-12(15)11(2)10-13-6-8-16-9-7-14(3)4/h13H,2,5-10H2,1,3-4H3. The number of hydrogen-bond acceptors (Lipinski definition) is 5. The summed E-state index contributed by atoms with van der Waals surface area (Å²) >= 11 is 0. The van der Waals surface area contributed by atoms with E-state index in [1.54, 1.807) is 6.92 Å². The van der Waals surface area contributed by atoms with E-state index >= 15 is 0 Å². The number of nitrogens with zero attached hydrogens (tertiary/aromatic N) is 1. The van der Waals surface area contributed by atoms with Crippen molar-refractivity contribution in [2.75, 3.05) is 53.6 Å². The average molecular weight is 244 g/mol. The third kappa shape index (κ3) is 9.99. The van der Waals surface area contributed by atoms with Gasteiger partial charge in [-0.2, -0.15) is 0 Å². The molecular formula is C12H24N2O3. The molecule has 0 atom stereocenters. The summed E-state index contributed by atoms with van der Waals surface area (Å²) in [5.41, 5.74) is 0.445. The van der Waals surface area contributed by atoms with Crippen LogP contribution in [0, 0.1) is 0 Å². The van der Waals surface area contributed by atoms with E-state index in [9.17, 15) is 4.79 Å². The van der Waals surface area contributed by atoms with Crippen molar-refractivity contribution in [2.45, 2.75) is 6.92 Å². The fourth-order valence-corrected chi connectivity index (χ4v) is 1.04. The maximum atomic E-state index is 11.2. The highest BCUT2D eigenvalue weighted by molar-refractivity contribution is 5.88. The number of carbonyl (C=O) groups excluding carboxylic acids is 1. The lowest BCUT2D eigenvalue weighted by Gasteiger charge is -2.10. The molecule has 5 heteroatoms. The molecule has 1 N–H and O–H groups in total. The Morgan fingerprint density at radius 3 is 2.65 bits per heavy atom. The summed E-state index contributed by atoms with van der Waals surface area (Å²) in [5, 5.41) is 3.07. The largest absolute Gasteiger partial charge is 0.463 e. The van der Waals surface area contributed by atoms with Gasteiger partial charge in [0.15, 0.2) is 0 Å². The van der Waals surface area contributed by atoms with Gasteiger partial charge in [-0.3, -0.25) is 0 Å². The Bertz CT molecular complexity index is 230. The van der Waals surface area contributed by atoms with Crippen LogP contribution in [0.1, 0.15) is 6.92 Å². The van der Waals surface area contributed by atoms with Gasteiger partial charge in [0.2, 0.25) is 0 Å². The average Bonchev–Trinajstić information content (AvgIpc) is 2.27. The second-order valence-corrected chi connectivity index (χ2v) is 3.92. The van der Waals surface area contributed by atoms with Gasteiger partial charge in [-0.25, -0.2) is 4.79 Å². The fourth-order valence-electron chi connectivity index (χ4n) is 1.04. The summed E-state index contributed by atoms with van der Waals surface area (Å²) in [7, 11) is 4.01.